The molecule has 1 aromatic heterocycles. The molecule has 7 nitrogen and oxygen atoms in total. The fraction of sp³-hybridized carbons (Fsp3) is 0.0233. The molecule has 6 aromatic carbocycles. The molecule has 0 aliphatic heterocycles. The molecule has 3 amide bonds. The number of benzene rings is 6. The summed E-state index contributed by atoms with van der Waals surface area (Å²) in [7, 11) is 0. The van der Waals surface area contributed by atoms with Gasteiger partial charge in [0, 0.05) is 27.1 Å². The zero-order chi connectivity index (χ0) is 35.7. The van der Waals surface area contributed by atoms with Crippen LogP contribution in [0.3, 0.4) is 0 Å². The maximum absolute atomic E-state index is 13.5. The molecule has 9 heteroatoms. The van der Waals surface area contributed by atoms with E-state index in [-0.39, 0.29) is 17.4 Å². The fourth-order valence-corrected chi connectivity index (χ4v) is 6.90. The first kappa shape index (κ1) is 34.2. The van der Waals surface area contributed by atoms with Crippen molar-refractivity contribution in [1.29, 1.82) is 0 Å². The summed E-state index contributed by atoms with van der Waals surface area (Å²) in [6.07, 6.45) is 1.65. The average Bonchev–Trinajstić information content (AvgIpc) is 3.66. The van der Waals surface area contributed by atoms with Gasteiger partial charge in [-0.2, -0.15) is 0 Å². The van der Waals surface area contributed by atoms with Crippen LogP contribution in [-0.2, 0) is 9.59 Å². The number of amides is 3. The Balaban J connectivity index is 0.972. The van der Waals surface area contributed by atoms with Crippen molar-refractivity contribution in [2.75, 3.05) is 16.4 Å². The van der Waals surface area contributed by atoms with Gasteiger partial charge in [0.25, 0.3) is 11.8 Å². The number of hydrogen-bond donors (Lipinski definition) is 3. The standard InChI is InChI=1S/C43H32N4O3S2/c48-40(47-43-46-39(27-52-43)35-20-19-31-11-7-8-14-34(31)26-35)28-51-37-23-21-36(22-24-37)44-42(50)38(45-41(49)33-12-5-2-6-13-33)25-29-15-17-32(18-16-29)30-9-3-1-4-10-30/h1-27H,28H2,(H,44,50)(H,45,49)(H,46,47,48)/b38-25-. The summed E-state index contributed by atoms with van der Waals surface area (Å²) < 4.78 is 0. The first-order chi connectivity index (χ1) is 25.5. The molecular weight excluding hydrogens is 685 g/mol. The van der Waals surface area contributed by atoms with Gasteiger partial charge in [0.1, 0.15) is 5.70 Å². The van der Waals surface area contributed by atoms with Gasteiger partial charge in [0.2, 0.25) is 5.91 Å². The minimum Gasteiger partial charge on any atom is -0.321 e. The number of thioether (sulfide) groups is 1. The monoisotopic (exact) mass is 716 g/mol. The Labute approximate surface area is 309 Å². The van der Waals surface area contributed by atoms with Crippen molar-refractivity contribution in [3.63, 3.8) is 0 Å². The molecule has 0 spiro atoms. The smallest absolute Gasteiger partial charge is 0.272 e. The number of carbonyl (C=O) groups is 3. The lowest BCUT2D eigenvalue weighted by Crippen LogP contribution is -2.30. The topological polar surface area (TPSA) is 100 Å². The van der Waals surface area contributed by atoms with Crippen molar-refractivity contribution in [1.82, 2.24) is 10.3 Å². The minimum atomic E-state index is -0.470. The highest BCUT2D eigenvalue weighted by Crippen LogP contribution is 2.28. The maximum atomic E-state index is 13.5. The van der Waals surface area contributed by atoms with Crippen molar-refractivity contribution in [3.8, 4) is 22.4 Å². The predicted molar refractivity (Wildman–Crippen MR) is 213 cm³/mol. The number of nitrogens with zero attached hydrogens (tertiary/aromatic N) is 1. The van der Waals surface area contributed by atoms with E-state index in [0.29, 0.717) is 16.4 Å². The summed E-state index contributed by atoms with van der Waals surface area (Å²) >= 11 is 2.77. The first-order valence-corrected chi connectivity index (χ1v) is 18.4. The van der Waals surface area contributed by atoms with Crippen LogP contribution in [0.15, 0.2) is 168 Å². The Morgan fingerprint density at radius 1 is 0.654 bits per heavy atom. The molecule has 0 atom stereocenters. The molecule has 0 aliphatic carbocycles. The zero-order valence-corrected chi connectivity index (χ0v) is 29.4. The third-order valence-electron chi connectivity index (χ3n) is 8.14. The Morgan fingerprint density at radius 2 is 1.31 bits per heavy atom. The summed E-state index contributed by atoms with van der Waals surface area (Å²) in [4.78, 5) is 44.8. The molecular formula is C43H32N4O3S2. The van der Waals surface area contributed by atoms with Crippen LogP contribution < -0.4 is 16.0 Å². The molecule has 0 radical (unpaired) electrons. The zero-order valence-electron chi connectivity index (χ0n) is 27.8. The van der Waals surface area contributed by atoms with Gasteiger partial charge < -0.3 is 16.0 Å². The normalized spacial score (nSPS) is 11.2. The highest BCUT2D eigenvalue weighted by atomic mass is 32.2. The molecule has 1 heterocycles. The van der Waals surface area contributed by atoms with E-state index < -0.39 is 11.8 Å². The second-order valence-electron chi connectivity index (χ2n) is 11.8. The quantitative estimate of drug-likeness (QED) is 0.0915. The van der Waals surface area contributed by atoms with E-state index in [1.807, 2.05) is 96.4 Å². The van der Waals surface area contributed by atoms with E-state index in [1.54, 1.807) is 42.5 Å². The number of hydrogen-bond acceptors (Lipinski definition) is 6. The summed E-state index contributed by atoms with van der Waals surface area (Å²) in [6.45, 7) is 0. The van der Waals surface area contributed by atoms with Crippen molar-refractivity contribution in [2.45, 2.75) is 4.90 Å². The van der Waals surface area contributed by atoms with Gasteiger partial charge in [-0.15, -0.1) is 23.1 Å². The molecule has 52 heavy (non-hydrogen) atoms. The number of thiazole rings is 1. The van der Waals surface area contributed by atoms with Crippen molar-refractivity contribution >= 4 is 68.5 Å². The second-order valence-corrected chi connectivity index (χ2v) is 13.7. The van der Waals surface area contributed by atoms with Crippen molar-refractivity contribution in [2.24, 2.45) is 0 Å². The number of fused-ring (bicyclic) bond motifs is 1. The minimum absolute atomic E-state index is 0.0994. The molecule has 254 valence electrons. The fourth-order valence-electron chi connectivity index (χ4n) is 5.46. The molecule has 0 aliphatic rings. The average molecular weight is 717 g/mol. The van der Waals surface area contributed by atoms with Gasteiger partial charge in [-0.3, -0.25) is 14.4 Å². The number of rotatable bonds is 11. The number of anilines is 2. The molecule has 3 N–H and O–H groups in total. The van der Waals surface area contributed by atoms with E-state index in [1.165, 1.54) is 23.1 Å². The van der Waals surface area contributed by atoms with Gasteiger partial charge in [-0.1, -0.05) is 109 Å². The first-order valence-electron chi connectivity index (χ1n) is 16.5. The van der Waals surface area contributed by atoms with E-state index in [4.69, 9.17) is 0 Å². The molecule has 7 aromatic rings. The molecule has 0 saturated heterocycles. The maximum Gasteiger partial charge on any atom is 0.272 e. The lowest BCUT2D eigenvalue weighted by Gasteiger charge is -2.12. The van der Waals surface area contributed by atoms with E-state index in [9.17, 15) is 14.4 Å². The van der Waals surface area contributed by atoms with E-state index >= 15 is 0 Å². The van der Waals surface area contributed by atoms with Crippen LogP contribution in [0.25, 0.3) is 39.2 Å². The summed E-state index contributed by atoms with van der Waals surface area (Å²) in [5, 5.41) is 13.4. The number of nitrogens with one attached hydrogen (secondary N) is 3. The van der Waals surface area contributed by atoms with Crippen molar-refractivity contribution in [3.05, 3.63) is 174 Å². The summed E-state index contributed by atoms with van der Waals surface area (Å²) in [5.74, 6) is -0.834. The third kappa shape index (κ3) is 8.70. The number of aromatic nitrogens is 1. The number of carbonyl (C=O) groups excluding carboxylic acids is 3. The van der Waals surface area contributed by atoms with Crippen LogP contribution in [-0.4, -0.2) is 28.5 Å². The van der Waals surface area contributed by atoms with E-state index in [2.05, 4.69) is 45.2 Å². The van der Waals surface area contributed by atoms with Gasteiger partial charge >= 0.3 is 0 Å². The highest BCUT2D eigenvalue weighted by Gasteiger charge is 2.16. The Bertz CT molecular complexity index is 2370. The molecule has 0 unspecified atom stereocenters. The third-order valence-corrected chi connectivity index (χ3v) is 9.91. The highest BCUT2D eigenvalue weighted by molar-refractivity contribution is 8.00. The second kappa shape index (κ2) is 16.2. The molecule has 0 bridgehead atoms. The summed E-state index contributed by atoms with van der Waals surface area (Å²) in [5.41, 5.74) is 5.77. The van der Waals surface area contributed by atoms with Crippen LogP contribution >= 0.6 is 23.1 Å². The van der Waals surface area contributed by atoms with Crippen LogP contribution in [0.2, 0.25) is 0 Å². The Morgan fingerprint density at radius 3 is 2.06 bits per heavy atom. The van der Waals surface area contributed by atoms with Crippen molar-refractivity contribution < 1.29 is 14.4 Å². The largest absolute Gasteiger partial charge is 0.321 e. The van der Waals surface area contributed by atoms with Crippen LogP contribution in [0, 0.1) is 0 Å². The lowest BCUT2D eigenvalue weighted by atomic mass is 10.0. The van der Waals surface area contributed by atoms with Crippen LogP contribution in [0.5, 0.6) is 0 Å². The van der Waals surface area contributed by atoms with Gasteiger partial charge in [0.15, 0.2) is 5.13 Å². The van der Waals surface area contributed by atoms with Crippen LogP contribution in [0.4, 0.5) is 10.8 Å². The van der Waals surface area contributed by atoms with Gasteiger partial charge in [-0.25, -0.2) is 4.98 Å². The van der Waals surface area contributed by atoms with Crippen LogP contribution in [0.1, 0.15) is 15.9 Å². The Hall–Kier alpha value is -6.29. The Kier molecular flexibility index (Phi) is 10.6. The summed E-state index contributed by atoms with van der Waals surface area (Å²) in [6, 6.07) is 48.1. The predicted octanol–water partition coefficient (Wildman–Crippen LogP) is 9.77. The van der Waals surface area contributed by atoms with E-state index in [0.717, 1.165) is 43.6 Å². The van der Waals surface area contributed by atoms with Gasteiger partial charge in [0.05, 0.1) is 11.4 Å². The molecule has 0 fully saturated rings. The SMILES string of the molecule is O=C(CSc1ccc(NC(=O)/C(=C/c2ccc(-c3ccccc3)cc2)NC(=O)c2ccccc2)cc1)Nc1nc(-c2ccc3ccccc3c2)cs1. The molecule has 7 rings (SSSR count). The molecule has 0 saturated carbocycles. The lowest BCUT2D eigenvalue weighted by molar-refractivity contribution is -0.114. The van der Waals surface area contributed by atoms with Gasteiger partial charge in [-0.05, 0) is 76.0 Å².